The standard InChI is InChI=1S/C14H20BrN3S/c1-17(2)11-5-7-18(8-6-11)13-9-10(15)3-4-12(13)14(16)19/h3-4,9,11H,5-8H2,1-2H3,(H2,16,19). The number of anilines is 1. The van der Waals surface area contributed by atoms with Gasteiger partial charge in [0.25, 0.3) is 0 Å². The number of benzene rings is 1. The molecule has 0 aliphatic carbocycles. The average Bonchev–Trinajstić information content (AvgIpc) is 2.38. The van der Waals surface area contributed by atoms with Crippen LogP contribution in [-0.2, 0) is 0 Å². The Balaban J connectivity index is 2.19. The number of nitrogens with two attached hydrogens (primary N) is 1. The van der Waals surface area contributed by atoms with E-state index in [9.17, 15) is 0 Å². The normalized spacial score (nSPS) is 16.9. The van der Waals surface area contributed by atoms with E-state index in [2.05, 4.69) is 45.9 Å². The van der Waals surface area contributed by atoms with Gasteiger partial charge in [0.15, 0.2) is 0 Å². The van der Waals surface area contributed by atoms with Gasteiger partial charge in [0.05, 0.1) is 0 Å². The molecule has 104 valence electrons. The van der Waals surface area contributed by atoms with Crippen LogP contribution in [-0.4, -0.2) is 43.1 Å². The minimum Gasteiger partial charge on any atom is -0.389 e. The Bertz CT molecular complexity index is 468. The first-order chi connectivity index (χ1) is 8.99. The van der Waals surface area contributed by atoms with Gasteiger partial charge in [0, 0.05) is 34.9 Å². The second-order valence-corrected chi connectivity index (χ2v) is 6.56. The van der Waals surface area contributed by atoms with E-state index in [1.54, 1.807) is 0 Å². The van der Waals surface area contributed by atoms with E-state index in [0.29, 0.717) is 11.0 Å². The highest BCUT2D eigenvalue weighted by atomic mass is 79.9. The highest BCUT2D eigenvalue weighted by Crippen LogP contribution is 2.28. The number of hydrogen-bond acceptors (Lipinski definition) is 3. The molecule has 0 spiro atoms. The maximum absolute atomic E-state index is 5.83. The molecular formula is C14H20BrN3S. The molecule has 0 atom stereocenters. The first kappa shape index (κ1) is 14.8. The van der Waals surface area contributed by atoms with Gasteiger partial charge in [-0.3, -0.25) is 0 Å². The molecule has 0 saturated carbocycles. The third-order valence-electron chi connectivity index (χ3n) is 3.76. The van der Waals surface area contributed by atoms with Gasteiger partial charge in [-0.25, -0.2) is 0 Å². The largest absolute Gasteiger partial charge is 0.389 e. The van der Waals surface area contributed by atoms with Crippen LogP contribution < -0.4 is 10.6 Å². The smallest absolute Gasteiger partial charge is 0.106 e. The van der Waals surface area contributed by atoms with E-state index in [1.807, 2.05) is 12.1 Å². The van der Waals surface area contributed by atoms with Crippen molar-refractivity contribution in [3.05, 3.63) is 28.2 Å². The van der Waals surface area contributed by atoms with Gasteiger partial charge >= 0.3 is 0 Å². The summed E-state index contributed by atoms with van der Waals surface area (Å²) in [5.41, 5.74) is 7.95. The molecule has 0 radical (unpaired) electrons. The maximum Gasteiger partial charge on any atom is 0.106 e. The minimum atomic E-state index is 0.470. The molecule has 1 heterocycles. The lowest BCUT2D eigenvalue weighted by atomic mass is 10.0. The predicted molar refractivity (Wildman–Crippen MR) is 89.0 cm³/mol. The second kappa shape index (κ2) is 6.20. The summed E-state index contributed by atoms with van der Waals surface area (Å²) in [6.07, 6.45) is 2.35. The molecule has 1 aromatic carbocycles. The van der Waals surface area contributed by atoms with Crippen LogP contribution in [0.5, 0.6) is 0 Å². The van der Waals surface area contributed by atoms with E-state index < -0.39 is 0 Å². The Morgan fingerprint density at radius 2 is 2.00 bits per heavy atom. The fourth-order valence-corrected chi connectivity index (χ4v) is 3.12. The highest BCUT2D eigenvalue weighted by molar-refractivity contribution is 9.10. The van der Waals surface area contributed by atoms with Crippen molar-refractivity contribution in [3.63, 3.8) is 0 Å². The molecule has 2 rings (SSSR count). The SMILES string of the molecule is CN(C)C1CCN(c2cc(Br)ccc2C(N)=S)CC1. The molecule has 0 aromatic heterocycles. The maximum atomic E-state index is 5.83. The summed E-state index contributed by atoms with van der Waals surface area (Å²) >= 11 is 8.68. The van der Waals surface area contributed by atoms with Gasteiger partial charge in [0.1, 0.15) is 4.99 Å². The highest BCUT2D eigenvalue weighted by Gasteiger charge is 2.22. The fraction of sp³-hybridized carbons (Fsp3) is 0.500. The van der Waals surface area contributed by atoms with Crippen molar-refractivity contribution in [1.82, 2.24) is 4.90 Å². The second-order valence-electron chi connectivity index (χ2n) is 5.21. The van der Waals surface area contributed by atoms with Crippen molar-refractivity contribution < 1.29 is 0 Å². The van der Waals surface area contributed by atoms with Crippen LogP contribution in [0.15, 0.2) is 22.7 Å². The van der Waals surface area contributed by atoms with Crippen molar-refractivity contribution in [2.75, 3.05) is 32.1 Å². The van der Waals surface area contributed by atoms with Gasteiger partial charge in [-0.05, 0) is 45.1 Å². The summed E-state index contributed by atoms with van der Waals surface area (Å²) in [6.45, 7) is 2.10. The number of piperidine rings is 1. The van der Waals surface area contributed by atoms with Crippen molar-refractivity contribution in [2.24, 2.45) is 5.73 Å². The number of thiocarbonyl (C=S) groups is 1. The Hall–Kier alpha value is -0.650. The van der Waals surface area contributed by atoms with Crippen LogP contribution in [0.1, 0.15) is 18.4 Å². The Morgan fingerprint density at radius 1 is 1.37 bits per heavy atom. The Morgan fingerprint density at radius 3 is 2.53 bits per heavy atom. The first-order valence-corrected chi connectivity index (χ1v) is 7.70. The average molecular weight is 342 g/mol. The molecule has 0 amide bonds. The molecule has 19 heavy (non-hydrogen) atoms. The van der Waals surface area contributed by atoms with Gasteiger partial charge in [-0.2, -0.15) is 0 Å². The van der Waals surface area contributed by atoms with Crippen LogP contribution in [0.2, 0.25) is 0 Å². The lowest BCUT2D eigenvalue weighted by Crippen LogP contribution is -2.42. The zero-order valence-electron chi connectivity index (χ0n) is 11.4. The third-order valence-corrected chi connectivity index (χ3v) is 4.47. The van der Waals surface area contributed by atoms with Crippen LogP contribution in [0.4, 0.5) is 5.69 Å². The molecule has 3 nitrogen and oxygen atoms in total. The first-order valence-electron chi connectivity index (χ1n) is 6.50. The van der Waals surface area contributed by atoms with Crippen LogP contribution >= 0.6 is 28.1 Å². The lowest BCUT2D eigenvalue weighted by Gasteiger charge is -2.37. The van der Waals surface area contributed by atoms with Gasteiger partial charge in [-0.1, -0.05) is 28.1 Å². The van der Waals surface area contributed by atoms with Gasteiger partial charge in [-0.15, -0.1) is 0 Å². The van der Waals surface area contributed by atoms with Crippen molar-refractivity contribution in [3.8, 4) is 0 Å². The molecule has 0 unspecified atom stereocenters. The summed E-state index contributed by atoms with van der Waals surface area (Å²) in [5.74, 6) is 0. The summed E-state index contributed by atoms with van der Waals surface area (Å²) < 4.78 is 1.07. The monoisotopic (exact) mass is 341 g/mol. The van der Waals surface area contributed by atoms with Crippen LogP contribution in [0, 0.1) is 0 Å². The van der Waals surface area contributed by atoms with E-state index in [4.69, 9.17) is 18.0 Å². The van der Waals surface area contributed by atoms with E-state index in [1.165, 1.54) is 12.8 Å². The number of halogens is 1. The lowest BCUT2D eigenvalue weighted by molar-refractivity contribution is 0.249. The number of nitrogens with zero attached hydrogens (tertiary/aromatic N) is 2. The molecule has 1 aromatic rings. The van der Waals surface area contributed by atoms with Crippen LogP contribution in [0.3, 0.4) is 0 Å². The topological polar surface area (TPSA) is 32.5 Å². The zero-order valence-corrected chi connectivity index (χ0v) is 13.8. The fourth-order valence-electron chi connectivity index (χ4n) is 2.60. The van der Waals surface area contributed by atoms with Crippen molar-refractivity contribution in [1.29, 1.82) is 0 Å². The van der Waals surface area contributed by atoms with Crippen LogP contribution in [0.25, 0.3) is 0 Å². The Kier molecular flexibility index (Phi) is 4.81. The molecule has 5 heteroatoms. The molecule has 1 fully saturated rings. The van der Waals surface area contributed by atoms with Crippen molar-refractivity contribution in [2.45, 2.75) is 18.9 Å². The van der Waals surface area contributed by atoms with E-state index in [-0.39, 0.29) is 0 Å². The number of hydrogen-bond donors (Lipinski definition) is 1. The summed E-state index contributed by atoms with van der Waals surface area (Å²) in [5, 5.41) is 0. The molecular weight excluding hydrogens is 322 g/mol. The quantitative estimate of drug-likeness (QED) is 0.856. The summed E-state index contributed by atoms with van der Waals surface area (Å²) in [7, 11) is 4.31. The van der Waals surface area contributed by atoms with E-state index in [0.717, 1.165) is 28.8 Å². The molecule has 1 aliphatic heterocycles. The predicted octanol–water partition coefficient (Wildman–Crippen LogP) is 2.61. The summed E-state index contributed by atoms with van der Waals surface area (Å²) in [4.78, 5) is 5.17. The van der Waals surface area contributed by atoms with Gasteiger partial charge < -0.3 is 15.5 Å². The zero-order chi connectivity index (χ0) is 14.0. The molecule has 1 aliphatic rings. The number of rotatable bonds is 3. The van der Waals surface area contributed by atoms with Crippen molar-refractivity contribution >= 4 is 38.8 Å². The third kappa shape index (κ3) is 3.46. The molecule has 2 N–H and O–H groups in total. The molecule has 1 saturated heterocycles. The minimum absolute atomic E-state index is 0.470. The molecule has 0 bridgehead atoms. The summed E-state index contributed by atoms with van der Waals surface area (Å²) in [6, 6.07) is 6.78. The Labute approximate surface area is 128 Å². The van der Waals surface area contributed by atoms with Gasteiger partial charge in [0.2, 0.25) is 0 Å². The van der Waals surface area contributed by atoms with E-state index >= 15 is 0 Å².